The molecule has 11 aromatic rings. The molecule has 0 saturated heterocycles. The summed E-state index contributed by atoms with van der Waals surface area (Å²) in [6.45, 7) is 13.0. The van der Waals surface area contributed by atoms with Crippen molar-refractivity contribution >= 4 is 54.9 Å². The summed E-state index contributed by atoms with van der Waals surface area (Å²) in [5, 5.41) is 3.85. The van der Waals surface area contributed by atoms with E-state index < -0.39 is 6.85 Å². The van der Waals surface area contributed by atoms with E-state index >= 15 is 0 Å². The van der Waals surface area contributed by atoms with E-state index in [4.69, 9.17) is 17.9 Å². The Labute approximate surface area is 398 Å². The number of hydrogen-bond acceptors (Lipinski definition) is 5. The molecule has 4 heterocycles. The number of aromatic nitrogens is 4. The van der Waals surface area contributed by atoms with E-state index in [1.54, 1.807) is 12.1 Å². The third kappa shape index (κ3) is 7.98. The van der Waals surface area contributed by atoms with Crippen molar-refractivity contribution in [1.29, 1.82) is 0 Å². The average molecular weight is 1030 g/mol. The number of imidazole rings is 1. The van der Waals surface area contributed by atoms with Crippen LogP contribution in [0.2, 0.25) is 0 Å². The molecule has 0 aliphatic heterocycles. The van der Waals surface area contributed by atoms with Gasteiger partial charge in [0.2, 0.25) is 0 Å². The van der Waals surface area contributed by atoms with Gasteiger partial charge in [0, 0.05) is 58.0 Å². The van der Waals surface area contributed by atoms with Crippen LogP contribution in [0.4, 0.5) is 0 Å². The third-order valence-corrected chi connectivity index (χ3v) is 11.9. The monoisotopic (exact) mass is 1030 g/mol. The van der Waals surface area contributed by atoms with Crippen LogP contribution in [0.1, 0.15) is 86.8 Å². The quantitative estimate of drug-likeness (QED) is 0.155. The summed E-state index contributed by atoms with van der Waals surface area (Å²) < 4.78 is 40.1. The average Bonchev–Trinajstić information content (AvgIpc) is 4.02. The van der Waals surface area contributed by atoms with Crippen LogP contribution >= 0.6 is 0 Å². The predicted octanol–water partition coefficient (Wildman–Crippen LogP) is 15.8. The van der Waals surface area contributed by atoms with Gasteiger partial charge >= 0.3 is 0 Å². The fourth-order valence-corrected chi connectivity index (χ4v) is 8.70. The zero-order chi connectivity index (χ0) is 46.8. The minimum absolute atomic E-state index is 0. The Kier molecular flexibility index (Phi) is 10.7. The fraction of sp³-hybridized carbons (Fsp3) is 0.190. The van der Waals surface area contributed by atoms with Crippen LogP contribution in [0.15, 0.2) is 155 Å². The van der Waals surface area contributed by atoms with Crippen LogP contribution in [0.3, 0.4) is 0 Å². The predicted molar refractivity (Wildman–Crippen MR) is 263 cm³/mol. The van der Waals surface area contributed by atoms with Crippen LogP contribution in [0.5, 0.6) is 0 Å². The molecule has 0 N–H and O–H groups in total. The first-order valence-corrected chi connectivity index (χ1v) is 21.9. The molecule has 0 bridgehead atoms. The number of rotatable bonds is 6. The summed E-state index contributed by atoms with van der Waals surface area (Å²) in [6, 6.07) is 52.7. The maximum absolute atomic E-state index is 8.29. The first-order chi connectivity index (χ1) is 32.2. The maximum Gasteiger partial charge on any atom is 0.139 e. The molecule has 11 rings (SSSR count). The Hall–Kier alpha value is -6.66. The van der Waals surface area contributed by atoms with Crippen LogP contribution in [-0.4, -0.2) is 19.5 Å². The van der Waals surface area contributed by atoms with Gasteiger partial charge in [-0.1, -0.05) is 114 Å². The van der Waals surface area contributed by atoms with Gasteiger partial charge in [0.25, 0.3) is 0 Å². The molecule has 325 valence electrons. The molecule has 65 heavy (non-hydrogen) atoms. The standard InChI is InChI=1S/C44H35N2O2.C14H15N2.Ir/c1-25(2)34-23-29(28-12-7-6-8-13-28)24-35(26(3)4)41(34)46-37-22-27(5)18-20-36(37)45-44(46)33-16-11-15-30-31-19-21-39-40(43(31)48-42(30)33)32-14-9-10-17-38(32)47-39;1-14(2,3)12-9-10-15-13(16-12)11-7-5-4-6-8-11;/h6-15,17-26H,1-5H3;4-7,9-10H,1-3H3;/q2*-1;/i5D3;;. The Morgan fingerprint density at radius 2 is 1.38 bits per heavy atom. The molecule has 0 saturated carbocycles. The zero-order valence-electron chi connectivity index (χ0n) is 40.4. The number of furan rings is 2. The summed E-state index contributed by atoms with van der Waals surface area (Å²) in [4.78, 5) is 14.1. The Morgan fingerprint density at radius 1 is 0.646 bits per heavy atom. The Bertz CT molecular complexity index is 3590. The van der Waals surface area contributed by atoms with Gasteiger partial charge in [-0.05, 0) is 95.0 Å². The van der Waals surface area contributed by atoms with Gasteiger partial charge in [-0.2, -0.15) is 0 Å². The SMILES string of the molecule is CC(C)(C)c1ccnc(-c2[c-]cccc2)n1.[2H]C([2H])([2H])c1ccc2nc(-c3[c-]ccc4c3oc3c4ccc4oc5ccccc5c43)n(-c3c(C(C)C)cc(-c4ccccc4)cc3C(C)C)c2c1.[Ir]. The molecule has 7 aromatic carbocycles. The number of para-hydroxylation sites is 1. The summed E-state index contributed by atoms with van der Waals surface area (Å²) in [7, 11) is 0. The maximum atomic E-state index is 8.29. The van der Waals surface area contributed by atoms with Gasteiger partial charge in [0.1, 0.15) is 16.7 Å². The normalized spacial score (nSPS) is 12.7. The number of fused-ring (bicyclic) bond motifs is 8. The fourth-order valence-electron chi connectivity index (χ4n) is 8.70. The van der Waals surface area contributed by atoms with E-state index in [1.807, 2.05) is 85.1 Å². The number of benzene rings is 7. The van der Waals surface area contributed by atoms with E-state index in [0.29, 0.717) is 22.5 Å². The minimum Gasteiger partial charge on any atom is -0.500 e. The van der Waals surface area contributed by atoms with E-state index in [0.717, 1.165) is 88.8 Å². The summed E-state index contributed by atoms with van der Waals surface area (Å²) >= 11 is 0. The number of hydrogen-bond donors (Lipinski definition) is 0. The molecule has 0 atom stereocenters. The first kappa shape index (κ1) is 39.9. The van der Waals surface area contributed by atoms with Crippen molar-refractivity contribution in [2.24, 2.45) is 0 Å². The van der Waals surface area contributed by atoms with Crippen molar-refractivity contribution < 1.29 is 33.1 Å². The second-order valence-corrected chi connectivity index (χ2v) is 18.1. The minimum atomic E-state index is -2.29. The van der Waals surface area contributed by atoms with Gasteiger partial charge in [0.15, 0.2) is 0 Å². The second kappa shape index (κ2) is 17.4. The van der Waals surface area contributed by atoms with E-state index in [-0.39, 0.29) is 42.9 Å². The van der Waals surface area contributed by atoms with Crippen molar-refractivity contribution in [3.05, 3.63) is 180 Å². The molecule has 6 nitrogen and oxygen atoms in total. The van der Waals surface area contributed by atoms with Gasteiger partial charge < -0.3 is 13.4 Å². The van der Waals surface area contributed by atoms with Crippen molar-refractivity contribution in [3.63, 3.8) is 0 Å². The van der Waals surface area contributed by atoms with Crippen molar-refractivity contribution in [1.82, 2.24) is 19.5 Å². The third-order valence-electron chi connectivity index (χ3n) is 11.9. The van der Waals surface area contributed by atoms with Crippen molar-refractivity contribution in [3.8, 4) is 39.6 Å². The molecule has 4 aromatic heterocycles. The van der Waals surface area contributed by atoms with Gasteiger partial charge in [0.05, 0.1) is 33.7 Å². The topological polar surface area (TPSA) is 69.9 Å². The molecule has 7 heteroatoms. The van der Waals surface area contributed by atoms with E-state index in [2.05, 4.69) is 124 Å². The largest absolute Gasteiger partial charge is 0.500 e. The first-order valence-electron chi connectivity index (χ1n) is 23.4. The molecule has 0 aliphatic carbocycles. The molecule has 0 amide bonds. The van der Waals surface area contributed by atoms with Gasteiger partial charge in [-0.25, -0.2) is 0 Å². The molecule has 0 unspecified atom stereocenters. The van der Waals surface area contributed by atoms with E-state index in [1.165, 1.54) is 0 Å². The molecular weight excluding hydrogens is 977 g/mol. The molecule has 0 aliphatic rings. The molecule has 1 radical (unpaired) electrons. The molecule has 0 spiro atoms. The number of nitrogens with zero attached hydrogens (tertiary/aromatic N) is 4. The van der Waals surface area contributed by atoms with Crippen molar-refractivity contribution in [2.75, 3.05) is 0 Å². The van der Waals surface area contributed by atoms with E-state index in [9.17, 15) is 0 Å². The summed E-state index contributed by atoms with van der Waals surface area (Å²) in [5.41, 5.74) is 13.0. The van der Waals surface area contributed by atoms with Gasteiger partial charge in [-0.3, -0.25) is 15.0 Å². The Balaban J connectivity index is 0.000000289. The van der Waals surface area contributed by atoms with Crippen LogP contribution in [0.25, 0.3) is 94.5 Å². The molecule has 0 fully saturated rings. The number of aryl methyl sites for hydroxylation is 1. The van der Waals surface area contributed by atoms with Crippen LogP contribution in [-0.2, 0) is 25.5 Å². The summed E-state index contributed by atoms with van der Waals surface area (Å²) in [5.74, 6) is 1.67. The second-order valence-electron chi connectivity index (χ2n) is 18.1. The smallest absolute Gasteiger partial charge is 0.139 e. The molecular formula is C58H50IrN4O2-2. The van der Waals surface area contributed by atoms with Gasteiger partial charge in [-0.15, -0.1) is 54.1 Å². The zero-order valence-corrected chi connectivity index (χ0v) is 39.8. The Morgan fingerprint density at radius 3 is 2.11 bits per heavy atom. The van der Waals surface area contributed by atoms with Crippen LogP contribution in [0, 0.1) is 19.0 Å². The van der Waals surface area contributed by atoms with Crippen LogP contribution < -0.4 is 0 Å². The van der Waals surface area contributed by atoms with Crippen molar-refractivity contribution in [2.45, 2.75) is 72.6 Å². The summed E-state index contributed by atoms with van der Waals surface area (Å²) in [6.07, 6.45) is 1.81.